The van der Waals surface area contributed by atoms with Crippen molar-refractivity contribution >= 4 is 5.91 Å². The number of carbonyl (C=O) groups excluding carboxylic acids is 1. The monoisotopic (exact) mass is 338 g/mol. The van der Waals surface area contributed by atoms with E-state index in [9.17, 15) is 4.79 Å². The van der Waals surface area contributed by atoms with Gasteiger partial charge >= 0.3 is 0 Å². The Kier molecular flexibility index (Phi) is 4.59. The molecule has 1 atom stereocenters. The summed E-state index contributed by atoms with van der Waals surface area (Å²) in [4.78, 5) is 23.2. The van der Waals surface area contributed by atoms with Crippen LogP contribution in [0.25, 0.3) is 11.5 Å². The topological polar surface area (TPSA) is 72.1 Å². The lowest BCUT2D eigenvalue weighted by Crippen LogP contribution is -2.38. The Balaban J connectivity index is 1.33. The Labute approximate surface area is 146 Å². The van der Waals surface area contributed by atoms with Crippen molar-refractivity contribution in [2.75, 3.05) is 13.1 Å². The van der Waals surface area contributed by atoms with Crippen LogP contribution in [0.5, 0.6) is 0 Å². The average molecular weight is 338 g/mol. The van der Waals surface area contributed by atoms with Gasteiger partial charge in [0.2, 0.25) is 17.6 Å². The van der Waals surface area contributed by atoms with E-state index in [1.165, 1.54) is 0 Å². The fourth-order valence-electron chi connectivity index (χ4n) is 3.59. The zero-order chi connectivity index (χ0) is 17.1. The number of nitrogens with zero attached hydrogens (tertiary/aromatic N) is 4. The minimum atomic E-state index is 0.223. The molecule has 0 bridgehead atoms. The fourth-order valence-corrected chi connectivity index (χ4v) is 3.59. The van der Waals surface area contributed by atoms with Crippen LogP contribution in [0.3, 0.4) is 0 Å². The maximum absolute atomic E-state index is 12.4. The molecule has 1 aliphatic carbocycles. The standard InChI is InChI=1S/C19H22N4O2/c24-17(13-14-5-1-2-6-14)23-11-8-15(9-12-23)19-21-18(22-25-19)16-7-3-4-10-20-16/h1,3-5,7,10,14-15H,2,6,8-9,11-13H2. The molecule has 0 aromatic carbocycles. The Morgan fingerprint density at radius 3 is 2.84 bits per heavy atom. The highest BCUT2D eigenvalue weighted by molar-refractivity contribution is 5.76. The van der Waals surface area contributed by atoms with E-state index in [2.05, 4.69) is 27.3 Å². The van der Waals surface area contributed by atoms with Crippen molar-refractivity contribution in [2.24, 2.45) is 5.92 Å². The quantitative estimate of drug-likeness (QED) is 0.801. The second-order valence-corrected chi connectivity index (χ2v) is 6.80. The van der Waals surface area contributed by atoms with E-state index in [0.717, 1.165) is 44.5 Å². The lowest BCUT2D eigenvalue weighted by molar-refractivity contribution is -0.133. The van der Waals surface area contributed by atoms with E-state index in [-0.39, 0.29) is 11.8 Å². The molecule has 1 amide bonds. The highest BCUT2D eigenvalue weighted by Crippen LogP contribution is 2.29. The molecular weight excluding hydrogens is 316 g/mol. The van der Waals surface area contributed by atoms with E-state index >= 15 is 0 Å². The van der Waals surface area contributed by atoms with Crippen LogP contribution in [-0.2, 0) is 4.79 Å². The summed E-state index contributed by atoms with van der Waals surface area (Å²) in [5, 5.41) is 4.05. The number of piperidine rings is 1. The highest BCUT2D eigenvalue weighted by Gasteiger charge is 2.28. The van der Waals surface area contributed by atoms with Crippen molar-refractivity contribution in [2.45, 2.75) is 38.0 Å². The predicted octanol–water partition coefficient (Wildman–Crippen LogP) is 3.19. The maximum Gasteiger partial charge on any atom is 0.230 e. The zero-order valence-electron chi connectivity index (χ0n) is 14.2. The summed E-state index contributed by atoms with van der Waals surface area (Å²) in [5.41, 5.74) is 0.717. The van der Waals surface area contributed by atoms with Gasteiger partial charge < -0.3 is 9.42 Å². The number of hydrogen-bond donors (Lipinski definition) is 0. The first-order chi connectivity index (χ1) is 12.3. The largest absolute Gasteiger partial charge is 0.343 e. The van der Waals surface area contributed by atoms with E-state index in [1.54, 1.807) is 6.20 Å². The molecule has 6 nitrogen and oxygen atoms in total. The van der Waals surface area contributed by atoms with Gasteiger partial charge in [-0.3, -0.25) is 9.78 Å². The van der Waals surface area contributed by atoms with Crippen LogP contribution in [0, 0.1) is 5.92 Å². The minimum Gasteiger partial charge on any atom is -0.343 e. The van der Waals surface area contributed by atoms with Crippen LogP contribution < -0.4 is 0 Å². The molecule has 25 heavy (non-hydrogen) atoms. The molecule has 2 aromatic heterocycles. The van der Waals surface area contributed by atoms with Gasteiger partial charge in [0.1, 0.15) is 5.69 Å². The Hall–Kier alpha value is -2.50. The van der Waals surface area contributed by atoms with Gasteiger partial charge in [0, 0.05) is 31.6 Å². The van der Waals surface area contributed by atoms with E-state index < -0.39 is 0 Å². The zero-order valence-corrected chi connectivity index (χ0v) is 14.2. The number of carbonyl (C=O) groups is 1. The number of hydrogen-bond acceptors (Lipinski definition) is 5. The first kappa shape index (κ1) is 16.0. The second-order valence-electron chi connectivity index (χ2n) is 6.80. The molecule has 0 radical (unpaired) electrons. The molecule has 2 aliphatic rings. The second kappa shape index (κ2) is 7.17. The van der Waals surface area contributed by atoms with Gasteiger partial charge in [-0.1, -0.05) is 23.4 Å². The average Bonchev–Trinajstić information content (AvgIpc) is 3.34. The number of amides is 1. The molecule has 1 fully saturated rings. The first-order valence-corrected chi connectivity index (χ1v) is 8.99. The van der Waals surface area contributed by atoms with Gasteiger partial charge in [-0.2, -0.15) is 4.98 Å². The van der Waals surface area contributed by atoms with Gasteiger partial charge in [0.25, 0.3) is 0 Å². The van der Waals surface area contributed by atoms with E-state index in [1.807, 2.05) is 23.1 Å². The summed E-state index contributed by atoms with van der Waals surface area (Å²) in [6.45, 7) is 1.53. The summed E-state index contributed by atoms with van der Waals surface area (Å²) in [6.07, 6.45) is 10.7. The third-order valence-electron chi connectivity index (χ3n) is 5.08. The van der Waals surface area contributed by atoms with Crippen LogP contribution in [0.2, 0.25) is 0 Å². The Morgan fingerprint density at radius 1 is 1.24 bits per heavy atom. The van der Waals surface area contributed by atoms with Crippen molar-refractivity contribution in [3.63, 3.8) is 0 Å². The van der Waals surface area contributed by atoms with Crippen LogP contribution in [-0.4, -0.2) is 39.0 Å². The third-order valence-corrected chi connectivity index (χ3v) is 5.08. The summed E-state index contributed by atoms with van der Waals surface area (Å²) in [6, 6.07) is 5.63. The molecule has 1 saturated heterocycles. The SMILES string of the molecule is O=C(CC1C=CCC1)N1CCC(c2nc(-c3ccccn3)no2)CC1. The van der Waals surface area contributed by atoms with Gasteiger partial charge in [0.05, 0.1) is 0 Å². The van der Waals surface area contributed by atoms with Gasteiger partial charge in [-0.25, -0.2) is 0 Å². The molecule has 0 spiro atoms. The van der Waals surface area contributed by atoms with Crippen molar-refractivity contribution < 1.29 is 9.32 Å². The summed E-state index contributed by atoms with van der Waals surface area (Å²) in [7, 11) is 0. The van der Waals surface area contributed by atoms with Crippen molar-refractivity contribution in [1.82, 2.24) is 20.0 Å². The van der Waals surface area contributed by atoms with Gasteiger partial charge in [0.15, 0.2) is 0 Å². The molecular formula is C19H22N4O2. The normalized spacial score (nSPS) is 21.0. The van der Waals surface area contributed by atoms with Gasteiger partial charge in [-0.15, -0.1) is 0 Å². The molecule has 1 aliphatic heterocycles. The molecule has 3 heterocycles. The van der Waals surface area contributed by atoms with Crippen molar-refractivity contribution in [3.05, 3.63) is 42.4 Å². The fraction of sp³-hybridized carbons (Fsp3) is 0.474. The summed E-state index contributed by atoms with van der Waals surface area (Å²) in [5.74, 6) is 2.12. The molecule has 0 N–H and O–H groups in total. The van der Waals surface area contributed by atoms with E-state index in [4.69, 9.17) is 4.52 Å². The predicted molar refractivity (Wildman–Crippen MR) is 92.6 cm³/mol. The maximum atomic E-state index is 12.4. The van der Waals surface area contributed by atoms with Gasteiger partial charge in [-0.05, 0) is 43.7 Å². The Morgan fingerprint density at radius 2 is 2.12 bits per heavy atom. The lowest BCUT2D eigenvalue weighted by Gasteiger charge is -2.31. The molecule has 6 heteroatoms. The smallest absolute Gasteiger partial charge is 0.230 e. The number of allylic oxidation sites excluding steroid dienone is 2. The number of aromatic nitrogens is 3. The van der Waals surface area contributed by atoms with Crippen LogP contribution >= 0.6 is 0 Å². The van der Waals surface area contributed by atoms with Crippen molar-refractivity contribution in [3.8, 4) is 11.5 Å². The first-order valence-electron chi connectivity index (χ1n) is 8.99. The molecule has 1 unspecified atom stereocenters. The van der Waals surface area contributed by atoms with Crippen LogP contribution in [0.1, 0.15) is 43.9 Å². The highest BCUT2D eigenvalue weighted by atomic mass is 16.5. The Bertz CT molecular complexity index is 748. The number of rotatable bonds is 4. The molecule has 130 valence electrons. The molecule has 0 saturated carbocycles. The van der Waals surface area contributed by atoms with Crippen molar-refractivity contribution in [1.29, 1.82) is 0 Å². The number of likely N-dealkylation sites (tertiary alicyclic amines) is 1. The molecule has 4 rings (SSSR count). The third kappa shape index (κ3) is 3.62. The van der Waals surface area contributed by atoms with Crippen LogP contribution in [0.4, 0.5) is 0 Å². The van der Waals surface area contributed by atoms with Crippen LogP contribution in [0.15, 0.2) is 41.1 Å². The van der Waals surface area contributed by atoms with E-state index in [0.29, 0.717) is 24.1 Å². The number of pyridine rings is 1. The summed E-state index contributed by atoms with van der Waals surface area (Å²) >= 11 is 0. The minimum absolute atomic E-state index is 0.223. The lowest BCUT2D eigenvalue weighted by atomic mass is 9.95. The summed E-state index contributed by atoms with van der Waals surface area (Å²) < 4.78 is 5.45. The molecule has 2 aromatic rings.